The number of likely N-dealkylation sites (tertiary alicyclic amines) is 1. The van der Waals surface area contributed by atoms with E-state index in [4.69, 9.17) is 0 Å². The summed E-state index contributed by atoms with van der Waals surface area (Å²) in [5.74, 6) is 0.497. The van der Waals surface area contributed by atoms with Crippen molar-refractivity contribution >= 4 is 34.5 Å². The van der Waals surface area contributed by atoms with Gasteiger partial charge in [0.15, 0.2) is 5.82 Å². The van der Waals surface area contributed by atoms with Gasteiger partial charge in [-0.3, -0.25) is 9.59 Å². The van der Waals surface area contributed by atoms with E-state index in [0.717, 1.165) is 43.2 Å². The molecule has 33 heavy (non-hydrogen) atoms. The lowest BCUT2D eigenvalue weighted by Crippen LogP contribution is -2.43. The van der Waals surface area contributed by atoms with Crippen LogP contribution in [0.25, 0.3) is 11.0 Å². The van der Waals surface area contributed by atoms with E-state index in [2.05, 4.69) is 30.5 Å². The van der Waals surface area contributed by atoms with Crippen molar-refractivity contribution in [3.8, 4) is 0 Å². The minimum Gasteiger partial charge on any atom is -0.308 e. The summed E-state index contributed by atoms with van der Waals surface area (Å²) in [6, 6.07) is 4.68. The molecule has 0 aliphatic carbocycles. The van der Waals surface area contributed by atoms with E-state index in [0.29, 0.717) is 41.7 Å². The summed E-state index contributed by atoms with van der Waals surface area (Å²) in [4.78, 5) is 39.2. The maximum absolute atomic E-state index is 13.7. The Morgan fingerprint density at radius 2 is 2.00 bits per heavy atom. The van der Waals surface area contributed by atoms with Crippen LogP contribution < -0.4 is 16.2 Å². The standard InChI is InChI=1S/C22H24FN7O2S/c23-14-1-2-17-18(9-14)30(20(32)12-25-17)8-7-29-5-3-15(4-6-29)24-10-16-11-26-22-21(27-16)28-19(31)13-33-22/h1-2,9,11-12,15,24H,3-8,10,13H2,(H,27,28,31). The van der Waals surface area contributed by atoms with Crippen molar-refractivity contribution in [2.45, 2.75) is 37.0 Å². The van der Waals surface area contributed by atoms with Crippen LogP contribution in [0.15, 0.2) is 40.4 Å². The van der Waals surface area contributed by atoms with E-state index in [9.17, 15) is 14.0 Å². The second-order valence-corrected chi connectivity index (χ2v) is 9.19. The average molecular weight is 470 g/mol. The van der Waals surface area contributed by atoms with Gasteiger partial charge in [0, 0.05) is 25.7 Å². The molecule has 2 N–H and O–H groups in total. The van der Waals surface area contributed by atoms with E-state index in [1.165, 1.54) is 30.1 Å². The monoisotopic (exact) mass is 469 g/mol. The number of carbonyl (C=O) groups is 1. The molecule has 1 aromatic carbocycles. The van der Waals surface area contributed by atoms with Gasteiger partial charge in [-0.15, -0.1) is 0 Å². The highest BCUT2D eigenvalue weighted by Gasteiger charge is 2.21. The number of benzene rings is 1. The van der Waals surface area contributed by atoms with Gasteiger partial charge < -0.3 is 20.1 Å². The molecule has 2 aromatic heterocycles. The van der Waals surface area contributed by atoms with Crippen molar-refractivity contribution in [2.75, 3.05) is 30.7 Å². The Morgan fingerprint density at radius 1 is 1.15 bits per heavy atom. The van der Waals surface area contributed by atoms with Crippen molar-refractivity contribution in [1.82, 2.24) is 29.7 Å². The number of carbonyl (C=O) groups excluding carboxylic acids is 1. The first-order chi connectivity index (χ1) is 16.0. The maximum atomic E-state index is 13.7. The molecule has 11 heteroatoms. The minimum atomic E-state index is -0.375. The zero-order valence-electron chi connectivity index (χ0n) is 18.0. The number of halogens is 1. The molecule has 5 rings (SSSR count). The topological polar surface area (TPSA) is 105 Å². The van der Waals surface area contributed by atoms with E-state index < -0.39 is 0 Å². The molecular formula is C22H24FN7O2S. The summed E-state index contributed by atoms with van der Waals surface area (Å²) in [6.45, 7) is 3.62. The van der Waals surface area contributed by atoms with Crippen molar-refractivity contribution in [3.63, 3.8) is 0 Å². The highest BCUT2D eigenvalue weighted by Crippen LogP contribution is 2.27. The van der Waals surface area contributed by atoms with Crippen molar-refractivity contribution in [1.29, 1.82) is 0 Å². The lowest BCUT2D eigenvalue weighted by atomic mass is 10.0. The van der Waals surface area contributed by atoms with E-state index >= 15 is 0 Å². The molecule has 1 amide bonds. The Labute approximate surface area is 193 Å². The fourth-order valence-electron chi connectivity index (χ4n) is 4.21. The van der Waals surface area contributed by atoms with Crippen LogP contribution in [0.4, 0.5) is 10.2 Å². The average Bonchev–Trinajstić information content (AvgIpc) is 2.82. The fraction of sp³-hybridized carbons (Fsp3) is 0.409. The molecule has 4 heterocycles. The molecule has 0 radical (unpaired) electrons. The third kappa shape index (κ3) is 5.05. The number of nitrogens with one attached hydrogen (secondary N) is 2. The highest BCUT2D eigenvalue weighted by molar-refractivity contribution is 8.00. The molecule has 0 bridgehead atoms. The zero-order valence-corrected chi connectivity index (χ0v) is 18.8. The van der Waals surface area contributed by atoms with Crippen LogP contribution >= 0.6 is 11.8 Å². The summed E-state index contributed by atoms with van der Waals surface area (Å²) >= 11 is 1.40. The Morgan fingerprint density at radius 3 is 2.85 bits per heavy atom. The van der Waals surface area contributed by atoms with Gasteiger partial charge in [0.25, 0.3) is 5.56 Å². The molecule has 1 fully saturated rings. The molecule has 2 aliphatic heterocycles. The van der Waals surface area contributed by atoms with Gasteiger partial charge in [0.1, 0.15) is 10.8 Å². The number of nitrogens with zero attached hydrogens (tertiary/aromatic N) is 5. The van der Waals surface area contributed by atoms with Gasteiger partial charge in [0.05, 0.1) is 34.9 Å². The number of hydrogen-bond acceptors (Lipinski definition) is 8. The van der Waals surface area contributed by atoms with Gasteiger partial charge in [-0.05, 0) is 44.1 Å². The van der Waals surface area contributed by atoms with E-state index in [-0.39, 0.29) is 17.3 Å². The van der Waals surface area contributed by atoms with Crippen molar-refractivity contribution in [2.24, 2.45) is 0 Å². The van der Waals surface area contributed by atoms with Crippen LogP contribution in [0.3, 0.4) is 0 Å². The first-order valence-corrected chi connectivity index (χ1v) is 11.9. The molecule has 0 saturated carbocycles. The maximum Gasteiger partial charge on any atom is 0.269 e. The van der Waals surface area contributed by atoms with Gasteiger partial charge in [0.2, 0.25) is 5.91 Å². The summed E-state index contributed by atoms with van der Waals surface area (Å²) < 4.78 is 15.3. The highest BCUT2D eigenvalue weighted by atomic mass is 32.2. The Kier molecular flexibility index (Phi) is 6.34. The second kappa shape index (κ2) is 9.54. The third-order valence-corrected chi connectivity index (χ3v) is 6.97. The van der Waals surface area contributed by atoms with Gasteiger partial charge in [-0.25, -0.2) is 19.3 Å². The van der Waals surface area contributed by atoms with Gasteiger partial charge >= 0.3 is 0 Å². The molecule has 2 aliphatic rings. The van der Waals surface area contributed by atoms with Gasteiger partial charge in [-0.2, -0.15) is 0 Å². The third-order valence-electron chi connectivity index (χ3n) is 5.99. The number of piperidine rings is 1. The van der Waals surface area contributed by atoms with Crippen LogP contribution in [0.1, 0.15) is 18.5 Å². The Bertz CT molecular complexity index is 1240. The lowest BCUT2D eigenvalue weighted by Gasteiger charge is -2.32. The first-order valence-electron chi connectivity index (χ1n) is 10.9. The summed E-state index contributed by atoms with van der Waals surface area (Å²) in [6.07, 6.45) is 5.01. The van der Waals surface area contributed by atoms with Crippen LogP contribution in [0.5, 0.6) is 0 Å². The second-order valence-electron chi connectivity index (χ2n) is 8.23. The molecule has 0 spiro atoms. The fourth-order valence-corrected chi connectivity index (χ4v) is 4.91. The first kappa shape index (κ1) is 21.9. The summed E-state index contributed by atoms with van der Waals surface area (Å²) in [5, 5.41) is 7.07. The predicted octanol–water partition coefficient (Wildman–Crippen LogP) is 1.62. The number of rotatable bonds is 6. The Balaban J connectivity index is 1.13. The number of thioether (sulfide) groups is 1. The van der Waals surface area contributed by atoms with Crippen molar-refractivity contribution < 1.29 is 9.18 Å². The summed E-state index contributed by atoms with van der Waals surface area (Å²) in [7, 11) is 0. The number of aromatic nitrogens is 4. The zero-order chi connectivity index (χ0) is 22.8. The summed E-state index contributed by atoms with van der Waals surface area (Å²) in [5.41, 5.74) is 1.72. The molecule has 0 atom stereocenters. The van der Waals surface area contributed by atoms with E-state index in [1.807, 2.05) is 0 Å². The normalized spacial score (nSPS) is 17.2. The van der Waals surface area contributed by atoms with E-state index in [1.54, 1.807) is 16.8 Å². The van der Waals surface area contributed by atoms with Gasteiger partial charge in [-0.1, -0.05) is 11.8 Å². The number of hydrogen-bond donors (Lipinski definition) is 2. The molecule has 1 saturated heterocycles. The lowest BCUT2D eigenvalue weighted by molar-refractivity contribution is -0.113. The SMILES string of the molecule is O=C1CSc2ncc(CNC3CCN(CCn4c(=O)cnc5ccc(F)cc54)CC3)nc2N1. The largest absolute Gasteiger partial charge is 0.308 e. The Hall–Kier alpha value is -2.89. The van der Waals surface area contributed by atoms with Crippen LogP contribution in [-0.4, -0.2) is 61.8 Å². The minimum absolute atomic E-state index is 0.0496. The smallest absolute Gasteiger partial charge is 0.269 e. The number of amides is 1. The molecular weight excluding hydrogens is 445 g/mol. The number of anilines is 1. The van der Waals surface area contributed by atoms with Crippen LogP contribution in [-0.2, 0) is 17.9 Å². The molecule has 9 nitrogen and oxygen atoms in total. The molecule has 172 valence electrons. The molecule has 3 aromatic rings. The van der Waals surface area contributed by atoms with Crippen molar-refractivity contribution in [3.05, 3.63) is 52.5 Å². The molecule has 0 unspecified atom stereocenters. The number of fused-ring (bicyclic) bond motifs is 2. The van der Waals surface area contributed by atoms with Crippen LogP contribution in [0.2, 0.25) is 0 Å². The van der Waals surface area contributed by atoms with Crippen LogP contribution in [0, 0.1) is 5.82 Å². The predicted molar refractivity (Wildman–Crippen MR) is 124 cm³/mol. The quantitative estimate of drug-likeness (QED) is 0.561.